The SMILES string of the molecule is CC(C)N(C(C)C)S(=O)(=O)c1ccc(NCc2cccc(NC(=O)C3CCCO3)c2)nc1. The summed E-state index contributed by atoms with van der Waals surface area (Å²) in [5, 5.41) is 6.09. The Bertz CT molecular complexity index is 1010. The number of carbonyl (C=O) groups is 1. The average Bonchev–Trinajstić information content (AvgIpc) is 3.27. The summed E-state index contributed by atoms with van der Waals surface area (Å²) in [5.41, 5.74) is 1.67. The zero-order chi connectivity index (χ0) is 23.3. The van der Waals surface area contributed by atoms with Crippen molar-refractivity contribution in [3.63, 3.8) is 0 Å². The summed E-state index contributed by atoms with van der Waals surface area (Å²) < 4.78 is 32.8. The lowest BCUT2D eigenvalue weighted by Gasteiger charge is -2.29. The van der Waals surface area contributed by atoms with Gasteiger partial charge in [0.25, 0.3) is 5.91 Å². The van der Waals surface area contributed by atoms with Crippen LogP contribution in [-0.2, 0) is 26.1 Å². The molecule has 1 aliphatic rings. The van der Waals surface area contributed by atoms with Gasteiger partial charge in [0.1, 0.15) is 16.8 Å². The van der Waals surface area contributed by atoms with Crippen molar-refractivity contribution in [2.24, 2.45) is 0 Å². The molecular formula is C23H32N4O4S. The van der Waals surface area contributed by atoms with Crippen molar-refractivity contribution < 1.29 is 17.9 Å². The summed E-state index contributed by atoms with van der Waals surface area (Å²) in [6.07, 6.45) is 2.66. The highest BCUT2D eigenvalue weighted by Crippen LogP contribution is 2.22. The van der Waals surface area contributed by atoms with Gasteiger partial charge in [0, 0.05) is 37.1 Å². The molecule has 1 aliphatic heterocycles. The summed E-state index contributed by atoms with van der Waals surface area (Å²) in [6.45, 7) is 8.54. The maximum atomic E-state index is 12.9. The van der Waals surface area contributed by atoms with Crippen LogP contribution in [0.25, 0.3) is 0 Å². The lowest BCUT2D eigenvalue weighted by molar-refractivity contribution is -0.124. The van der Waals surface area contributed by atoms with Crippen molar-refractivity contribution in [2.45, 2.75) is 70.2 Å². The van der Waals surface area contributed by atoms with E-state index in [1.165, 1.54) is 10.5 Å². The van der Waals surface area contributed by atoms with Gasteiger partial charge in [-0.25, -0.2) is 13.4 Å². The number of rotatable bonds is 9. The molecule has 0 bridgehead atoms. The molecule has 1 amide bonds. The maximum Gasteiger partial charge on any atom is 0.253 e. The van der Waals surface area contributed by atoms with E-state index in [2.05, 4.69) is 15.6 Å². The summed E-state index contributed by atoms with van der Waals surface area (Å²) in [5.74, 6) is 0.446. The van der Waals surface area contributed by atoms with Crippen LogP contribution in [0.4, 0.5) is 11.5 Å². The lowest BCUT2D eigenvalue weighted by Crippen LogP contribution is -2.41. The molecule has 0 radical (unpaired) electrons. The van der Waals surface area contributed by atoms with Crippen LogP contribution in [0, 0.1) is 0 Å². The molecule has 3 rings (SSSR count). The van der Waals surface area contributed by atoms with Gasteiger partial charge in [-0.3, -0.25) is 4.79 Å². The van der Waals surface area contributed by atoms with Gasteiger partial charge in [0.15, 0.2) is 0 Å². The molecule has 1 saturated heterocycles. The molecular weight excluding hydrogens is 428 g/mol. The predicted octanol–water partition coefficient (Wildman–Crippen LogP) is 3.62. The van der Waals surface area contributed by atoms with Crippen LogP contribution in [0.3, 0.4) is 0 Å². The minimum absolute atomic E-state index is 0.122. The fourth-order valence-electron chi connectivity index (χ4n) is 3.87. The van der Waals surface area contributed by atoms with Crippen LogP contribution < -0.4 is 10.6 Å². The van der Waals surface area contributed by atoms with Gasteiger partial charge in [0.2, 0.25) is 10.0 Å². The third kappa shape index (κ3) is 5.85. The van der Waals surface area contributed by atoms with Gasteiger partial charge in [-0.2, -0.15) is 4.31 Å². The highest BCUT2D eigenvalue weighted by atomic mass is 32.2. The minimum Gasteiger partial charge on any atom is -0.368 e. The van der Waals surface area contributed by atoms with Crippen molar-refractivity contribution in [2.75, 3.05) is 17.2 Å². The third-order valence-electron chi connectivity index (χ3n) is 5.22. The fourth-order valence-corrected chi connectivity index (χ4v) is 5.65. The van der Waals surface area contributed by atoms with E-state index in [1.807, 2.05) is 52.0 Å². The first-order valence-corrected chi connectivity index (χ1v) is 12.4. The van der Waals surface area contributed by atoms with Crippen molar-refractivity contribution in [1.29, 1.82) is 0 Å². The molecule has 1 aromatic heterocycles. The van der Waals surface area contributed by atoms with E-state index in [-0.39, 0.29) is 29.0 Å². The molecule has 1 aromatic carbocycles. The van der Waals surface area contributed by atoms with E-state index in [0.29, 0.717) is 24.7 Å². The first-order valence-electron chi connectivity index (χ1n) is 10.9. The topological polar surface area (TPSA) is 101 Å². The normalized spacial score (nSPS) is 16.7. The molecule has 2 N–H and O–H groups in total. The second-order valence-corrected chi connectivity index (χ2v) is 10.3. The molecule has 2 heterocycles. The number of carbonyl (C=O) groups excluding carboxylic acids is 1. The molecule has 0 spiro atoms. The summed E-state index contributed by atoms with van der Waals surface area (Å²) in [7, 11) is -3.62. The van der Waals surface area contributed by atoms with E-state index in [4.69, 9.17) is 4.74 Å². The summed E-state index contributed by atoms with van der Waals surface area (Å²) in [4.78, 5) is 16.7. The average molecular weight is 461 g/mol. The number of hydrogen-bond donors (Lipinski definition) is 2. The van der Waals surface area contributed by atoms with Gasteiger partial charge in [-0.1, -0.05) is 12.1 Å². The van der Waals surface area contributed by atoms with E-state index in [1.54, 1.807) is 12.1 Å². The fraction of sp³-hybridized carbons (Fsp3) is 0.478. The third-order valence-corrected chi connectivity index (χ3v) is 7.46. The number of anilines is 2. The van der Waals surface area contributed by atoms with Gasteiger partial charge in [0.05, 0.1) is 0 Å². The van der Waals surface area contributed by atoms with Crippen LogP contribution in [-0.4, -0.2) is 48.4 Å². The van der Waals surface area contributed by atoms with Crippen molar-refractivity contribution in [3.05, 3.63) is 48.2 Å². The Balaban J connectivity index is 1.62. The standard InChI is InChI=1S/C23H32N4O4S/c1-16(2)27(17(3)4)32(29,30)20-10-11-22(25-15-20)24-14-18-7-5-8-19(13-18)26-23(28)21-9-6-12-31-21/h5,7-8,10-11,13,15-17,21H,6,9,12,14H2,1-4H3,(H,24,25)(H,26,28). The summed E-state index contributed by atoms with van der Waals surface area (Å²) >= 11 is 0. The molecule has 0 saturated carbocycles. The van der Waals surface area contributed by atoms with Crippen LogP contribution >= 0.6 is 0 Å². The largest absolute Gasteiger partial charge is 0.368 e. The number of aromatic nitrogens is 1. The quantitative estimate of drug-likeness (QED) is 0.593. The van der Waals surface area contributed by atoms with E-state index in [9.17, 15) is 13.2 Å². The number of hydrogen-bond acceptors (Lipinski definition) is 6. The number of nitrogens with one attached hydrogen (secondary N) is 2. The molecule has 32 heavy (non-hydrogen) atoms. The van der Waals surface area contributed by atoms with Crippen LogP contribution in [0.2, 0.25) is 0 Å². The Morgan fingerprint density at radius 1 is 1.19 bits per heavy atom. The molecule has 174 valence electrons. The second-order valence-electron chi connectivity index (χ2n) is 8.45. The van der Waals surface area contributed by atoms with E-state index in [0.717, 1.165) is 18.4 Å². The van der Waals surface area contributed by atoms with Crippen molar-refractivity contribution in [1.82, 2.24) is 9.29 Å². The first kappa shape index (κ1) is 24.2. The van der Waals surface area contributed by atoms with Crippen molar-refractivity contribution >= 4 is 27.4 Å². The first-order chi connectivity index (χ1) is 15.2. The van der Waals surface area contributed by atoms with E-state index < -0.39 is 10.0 Å². The van der Waals surface area contributed by atoms with Crippen LogP contribution in [0.15, 0.2) is 47.5 Å². The predicted molar refractivity (Wildman–Crippen MR) is 125 cm³/mol. The summed E-state index contributed by atoms with van der Waals surface area (Å²) in [6, 6.07) is 10.5. The zero-order valence-electron chi connectivity index (χ0n) is 19.0. The van der Waals surface area contributed by atoms with Crippen LogP contribution in [0.1, 0.15) is 46.1 Å². The van der Waals surface area contributed by atoms with E-state index >= 15 is 0 Å². The Hall–Kier alpha value is -2.49. The van der Waals surface area contributed by atoms with Gasteiger partial charge in [-0.05, 0) is 70.4 Å². The maximum absolute atomic E-state index is 12.9. The minimum atomic E-state index is -3.62. The Kier molecular flexibility index (Phi) is 7.86. The smallest absolute Gasteiger partial charge is 0.253 e. The highest BCUT2D eigenvalue weighted by Gasteiger charge is 2.29. The monoisotopic (exact) mass is 460 g/mol. The Labute approximate surface area is 190 Å². The highest BCUT2D eigenvalue weighted by molar-refractivity contribution is 7.89. The Morgan fingerprint density at radius 2 is 1.94 bits per heavy atom. The number of amides is 1. The number of ether oxygens (including phenoxy) is 1. The van der Waals surface area contributed by atoms with Gasteiger partial charge >= 0.3 is 0 Å². The molecule has 9 heteroatoms. The molecule has 8 nitrogen and oxygen atoms in total. The molecule has 1 fully saturated rings. The van der Waals surface area contributed by atoms with Gasteiger partial charge in [-0.15, -0.1) is 0 Å². The van der Waals surface area contributed by atoms with Crippen molar-refractivity contribution in [3.8, 4) is 0 Å². The molecule has 1 atom stereocenters. The second kappa shape index (κ2) is 10.4. The molecule has 2 aromatic rings. The van der Waals surface area contributed by atoms with Crippen LogP contribution in [0.5, 0.6) is 0 Å². The lowest BCUT2D eigenvalue weighted by atomic mass is 10.2. The Morgan fingerprint density at radius 3 is 2.53 bits per heavy atom. The number of sulfonamides is 1. The number of nitrogens with zero attached hydrogens (tertiary/aromatic N) is 2. The zero-order valence-corrected chi connectivity index (χ0v) is 19.9. The molecule has 0 aliphatic carbocycles. The molecule has 1 unspecified atom stereocenters. The number of pyridine rings is 1. The number of benzene rings is 1. The van der Waals surface area contributed by atoms with Gasteiger partial charge < -0.3 is 15.4 Å².